The minimum atomic E-state index is -0.444. The number of carbonyl (C=O) groups is 2. The van der Waals surface area contributed by atoms with Crippen LogP contribution in [0.5, 0.6) is 0 Å². The van der Waals surface area contributed by atoms with Crippen LogP contribution in [0.3, 0.4) is 0 Å². The highest BCUT2D eigenvalue weighted by atomic mass is 16.6. The zero-order valence-corrected chi connectivity index (χ0v) is 19.4. The van der Waals surface area contributed by atoms with Crippen LogP contribution in [0.2, 0.25) is 0 Å². The summed E-state index contributed by atoms with van der Waals surface area (Å²) in [6.45, 7) is 15.5. The molecule has 0 fully saturated rings. The third-order valence-electron chi connectivity index (χ3n) is 3.21. The van der Waals surface area contributed by atoms with Crippen molar-refractivity contribution in [2.24, 2.45) is 0 Å². The molecular weight excluding hydrogens is 364 g/mol. The highest BCUT2D eigenvalue weighted by Gasteiger charge is 2.19. The van der Waals surface area contributed by atoms with E-state index in [-0.39, 0.29) is 37.7 Å². The molecule has 0 saturated carbocycles. The predicted molar refractivity (Wildman–Crippen MR) is 110 cm³/mol. The molecule has 0 spiro atoms. The summed E-state index contributed by atoms with van der Waals surface area (Å²) >= 11 is 0. The second kappa shape index (κ2) is 13.1. The van der Waals surface area contributed by atoms with Crippen molar-refractivity contribution in [3.05, 3.63) is 0 Å². The number of carbonyl (C=O) groups excluding carboxylic acids is 2. The van der Waals surface area contributed by atoms with Gasteiger partial charge in [0.1, 0.15) is 11.2 Å². The first-order valence-corrected chi connectivity index (χ1v) is 9.58. The van der Waals surface area contributed by atoms with Crippen LogP contribution in [-0.2, 0) is 19.1 Å². The lowest BCUT2D eigenvalue weighted by molar-refractivity contribution is -0.157. The molecule has 0 aliphatic heterocycles. The molecule has 0 saturated heterocycles. The molecule has 0 rings (SSSR count). The summed E-state index contributed by atoms with van der Waals surface area (Å²) in [6.07, 6.45) is -0.428. The number of likely N-dealkylation sites (N-methyl/N-ethyl adjacent to an activating group) is 2. The van der Waals surface area contributed by atoms with Crippen LogP contribution in [0.25, 0.3) is 0 Å². The Morgan fingerprint density at radius 3 is 1.61 bits per heavy atom. The Morgan fingerprint density at radius 1 is 0.893 bits per heavy atom. The highest BCUT2D eigenvalue weighted by Crippen LogP contribution is 2.08. The fourth-order valence-corrected chi connectivity index (χ4v) is 1.98. The van der Waals surface area contributed by atoms with E-state index in [9.17, 15) is 9.59 Å². The number of hydrogen-bond acceptors (Lipinski definition) is 8. The van der Waals surface area contributed by atoms with E-state index in [1.165, 1.54) is 0 Å². The maximum atomic E-state index is 11.3. The summed E-state index contributed by atoms with van der Waals surface area (Å²) < 4.78 is 10.3. The van der Waals surface area contributed by atoms with Gasteiger partial charge in [0.15, 0.2) is 0 Å². The van der Waals surface area contributed by atoms with Gasteiger partial charge < -0.3 is 19.7 Å². The van der Waals surface area contributed by atoms with E-state index in [1.807, 2.05) is 48.5 Å². The molecule has 0 aromatic heterocycles. The molecule has 0 heterocycles. The Bertz CT molecular complexity index is 455. The van der Waals surface area contributed by atoms with Crippen LogP contribution in [0.1, 0.15) is 55.4 Å². The molecule has 2 N–H and O–H groups in total. The Balaban J connectivity index is 0. The summed E-state index contributed by atoms with van der Waals surface area (Å²) in [7, 11) is 3.56. The van der Waals surface area contributed by atoms with E-state index in [0.717, 1.165) is 0 Å². The molecule has 0 amide bonds. The third kappa shape index (κ3) is 19.5. The molecular formula is C20H42N2O6. The van der Waals surface area contributed by atoms with E-state index in [0.29, 0.717) is 6.54 Å². The number of rotatable bonds is 8. The van der Waals surface area contributed by atoms with E-state index >= 15 is 0 Å². The Labute approximate surface area is 170 Å². The number of esters is 2. The molecule has 168 valence electrons. The fourth-order valence-electron chi connectivity index (χ4n) is 1.98. The Kier molecular flexibility index (Phi) is 13.5. The molecule has 0 aromatic rings. The van der Waals surface area contributed by atoms with Gasteiger partial charge in [-0.3, -0.25) is 19.4 Å². The molecule has 1 unspecified atom stereocenters. The zero-order chi connectivity index (χ0) is 22.7. The Hall–Kier alpha value is -1.22. The number of aliphatic hydroxyl groups excluding tert-OH is 2. The largest absolute Gasteiger partial charge is 0.459 e. The number of ether oxygens (including phenoxy) is 2. The van der Waals surface area contributed by atoms with Gasteiger partial charge in [-0.25, -0.2) is 0 Å². The molecule has 8 nitrogen and oxygen atoms in total. The average molecular weight is 407 g/mol. The number of hydrogen-bond donors (Lipinski definition) is 2. The van der Waals surface area contributed by atoms with Gasteiger partial charge in [-0.15, -0.1) is 0 Å². The van der Waals surface area contributed by atoms with E-state index < -0.39 is 17.3 Å². The topological polar surface area (TPSA) is 99.5 Å². The van der Waals surface area contributed by atoms with Crippen LogP contribution in [0.4, 0.5) is 0 Å². The van der Waals surface area contributed by atoms with Crippen molar-refractivity contribution in [1.29, 1.82) is 0 Å². The standard InChI is InChI=1S/2C10H21NO3/c1-8(7-12)11(5)6-9(13)14-10(2,3)4;1-8(12)6-11(5)7-9(13)14-10(2,3)4/h2*8,12H,6-7H2,1-5H3/t8-;/m1./s1. The lowest BCUT2D eigenvalue weighted by Crippen LogP contribution is -2.38. The van der Waals surface area contributed by atoms with E-state index in [4.69, 9.17) is 19.7 Å². The maximum absolute atomic E-state index is 11.3. The first kappa shape index (κ1) is 29.0. The van der Waals surface area contributed by atoms with Crippen molar-refractivity contribution < 1.29 is 29.3 Å². The first-order valence-electron chi connectivity index (χ1n) is 9.58. The van der Waals surface area contributed by atoms with Gasteiger partial charge >= 0.3 is 11.9 Å². The minimum absolute atomic E-state index is 0.0254. The SMILES string of the molecule is CC(O)CN(C)CC(=O)OC(C)(C)C.C[C@H](CO)N(C)CC(=O)OC(C)(C)C. The van der Waals surface area contributed by atoms with Crippen LogP contribution in [0, 0.1) is 0 Å². The quantitative estimate of drug-likeness (QED) is 0.582. The fraction of sp³-hybridized carbons (Fsp3) is 0.900. The minimum Gasteiger partial charge on any atom is -0.459 e. The smallest absolute Gasteiger partial charge is 0.320 e. The molecule has 0 aromatic carbocycles. The van der Waals surface area contributed by atoms with Crippen molar-refractivity contribution in [3.63, 3.8) is 0 Å². The van der Waals surface area contributed by atoms with Crippen LogP contribution in [-0.4, -0.2) is 95.6 Å². The number of nitrogens with zero attached hydrogens (tertiary/aromatic N) is 2. The van der Waals surface area contributed by atoms with Crippen LogP contribution >= 0.6 is 0 Å². The lowest BCUT2D eigenvalue weighted by atomic mass is 10.2. The summed E-state index contributed by atoms with van der Waals surface area (Å²) in [5.74, 6) is -0.527. The molecule has 0 bridgehead atoms. The summed E-state index contributed by atoms with van der Waals surface area (Å²) in [5.41, 5.74) is -0.886. The summed E-state index contributed by atoms with van der Waals surface area (Å²) in [4.78, 5) is 26.1. The van der Waals surface area contributed by atoms with Gasteiger partial charge in [-0.1, -0.05) is 0 Å². The summed E-state index contributed by atoms with van der Waals surface area (Å²) in [5, 5.41) is 17.9. The Morgan fingerprint density at radius 2 is 1.29 bits per heavy atom. The normalized spacial score (nSPS) is 14.2. The van der Waals surface area contributed by atoms with Gasteiger partial charge in [0.25, 0.3) is 0 Å². The second-order valence-corrected chi connectivity index (χ2v) is 9.17. The van der Waals surface area contributed by atoms with Crippen molar-refractivity contribution >= 4 is 11.9 Å². The van der Waals surface area contributed by atoms with Crippen molar-refractivity contribution in [2.45, 2.75) is 78.7 Å². The van der Waals surface area contributed by atoms with E-state index in [1.54, 1.807) is 30.8 Å². The molecule has 28 heavy (non-hydrogen) atoms. The van der Waals surface area contributed by atoms with Gasteiger partial charge in [-0.2, -0.15) is 0 Å². The second-order valence-electron chi connectivity index (χ2n) is 9.17. The molecule has 8 heteroatoms. The predicted octanol–water partition coefficient (Wildman–Crippen LogP) is 1.28. The van der Waals surface area contributed by atoms with Crippen LogP contribution < -0.4 is 0 Å². The van der Waals surface area contributed by atoms with Gasteiger partial charge in [0.2, 0.25) is 0 Å². The summed E-state index contributed by atoms with van der Waals surface area (Å²) in [6, 6.07) is -0.0254. The van der Waals surface area contributed by atoms with Crippen molar-refractivity contribution in [2.75, 3.05) is 40.3 Å². The third-order valence-corrected chi connectivity index (χ3v) is 3.21. The van der Waals surface area contributed by atoms with Gasteiger partial charge in [-0.05, 0) is 69.5 Å². The van der Waals surface area contributed by atoms with E-state index in [2.05, 4.69) is 0 Å². The van der Waals surface area contributed by atoms with Gasteiger partial charge in [0.05, 0.1) is 25.8 Å². The van der Waals surface area contributed by atoms with Gasteiger partial charge in [0, 0.05) is 12.6 Å². The maximum Gasteiger partial charge on any atom is 0.320 e. The first-order chi connectivity index (χ1) is 12.5. The van der Waals surface area contributed by atoms with Crippen LogP contribution in [0.15, 0.2) is 0 Å². The molecule has 0 aliphatic carbocycles. The zero-order valence-electron chi connectivity index (χ0n) is 19.4. The van der Waals surface area contributed by atoms with Crippen molar-refractivity contribution in [3.8, 4) is 0 Å². The molecule has 0 radical (unpaired) electrons. The monoisotopic (exact) mass is 406 g/mol. The van der Waals surface area contributed by atoms with Crippen molar-refractivity contribution in [1.82, 2.24) is 9.80 Å². The lowest BCUT2D eigenvalue weighted by Gasteiger charge is -2.25. The number of aliphatic hydroxyl groups is 2. The molecule has 0 aliphatic rings. The highest BCUT2D eigenvalue weighted by molar-refractivity contribution is 5.72. The average Bonchev–Trinajstić information content (AvgIpc) is 2.41. The molecule has 2 atom stereocenters.